The van der Waals surface area contributed by atoms with E-state index in [4.69, 9.17) is 9.47 Å². The maximum absolute atomic E-state index is 13.3. The molecule has 1 fully saturated rings. The van der Waals surface area contributed by atoms with Crippen LogP contribution in [0.15, 0.2) is 76.7 Å². The molecule has 0 aliphatic carbocycles. The molecule has 3 heterocycles. The van der Waals surface area contributed by atoms with Gasteiger partial charge in [0.1, 0.15) is 29.2 Å². The topological polar surface area (TPSA) is 123 Å². The van der Waals surface area contributed by atoms with Crippen LogP contribution in [0.25, 0.3) is 16.9 Å². The molecule has 2 aromatic heterocycles. The van der Waals surface area contributed by atoms with Crippen LogP contribution in [0.2, 0.25) is 0 Å². The summed E-state index contributed by atoms with van der Waals surface area (Å²) in [6, 6.07) is 16.1. The van der Waals surface area contributed by atoms with Gasteiger partial charge >= 0.3 is 5.69 Å². The van der Waals surface area contributed by atoms with Crippen LogP contribution >= 0.6 is 0 Å². The van der Waals surface area contributed by atoms with E-state index < -0.39 is 17.2 Å². The molecule has 11 nitrogen and oxygen atoms in total. The number of ether oxygens (including phenoxy) is 2. The molecule has 1 amide bonds. The molecule has 0 spiro atoms. The second-order valence-electron chi connectivity index (χ2n) is 8.84. The van der Waals surface area contributed by atoms with Crippen molar-refractivity contribution in [3.8, 4) is 28.4 Å². The second-order valence-corrected chi connectivity index (χ2v) is 8.84. The monoisotopic (exact) mass is 528 g/mol. The van der Waals surface area contributed by atoms with Gasteiger partial charge in [-0.1, -0.05) is 0 Å². The molecule has 0 saturated carbocycles. The van der Waals surface area contributed by atoms with Gasteiger partial charge in [0.25, 0.3) is 11.5 Å². The van der Waals surface area contributed by atoms with Gasteiger partial charge in [0.05, 0.1) is 25.1 Å². The Morgan fingerprint density at radius 1 is 0.949 bits per heavy atom. The maximum Gasteiger partial charge on any atom is 0.333 e. The molecule has 1 N–H and O–H groups in total. The first-order valence-electron chi connectivity index (χ1n) is 12.6. The minimum absolute atomic E-state index is 0.0984. The van der Waals surface area contributed by atoms with Crippen LogP contribution in [-0.2, 0) is 0 Å². The van der Waals surface area contributed by atoms with E-state index in [1.807, 2.05) is 37.3 Å². The standard InChI is InChI=1S/C28H28N6O5/c1-3-39-22-8-4-19(5-9-22)24-16-25(31-18-30-24)32-12-14-33(15-13-32)26(35)23-17-29-28(37)34(27(23)36)20-6-10-21(38-2)11-7-20/h4-11,16-18H,3,12-15H2,1-2H3,(H,29,37). The van der Waals surface area contributed by atoms with Crippen molar-refractivity contribution in [3.05, 3.63) is 93.5 Å². The normalized spacial score (nSPS) is 13.3. The number of hydrogen-bond donors (Lipinski definition) is 1. The number of rotatable bonds is 7. The number of anilines is 1. The summed E-state index contributed by atoms with van der Waals surface area (Å²) in [4.78, 5) is 53.9. The third kappa shape index (κ3) is 5.37. The summed E-state index contributed by atoms with van der Waals surface area (Å²) in [6.07, 6.45) is 2.72. The number of aromatic nitrogens is 4. The van der Waals surface area contributed by atoms with Crippen molar-refractivity contribution in [1.82, 2.24) is 24.4 Å². The third-order valence-electron chi connectivity index (χ3n) is 6.54. The first-order valence-corrected chi connectivity index (χ1v) is 12.6. The van der Waals surface area contributed by atoms with Crippen LogP contribution in [0.3, 0.4) is 0 Å². The molecule has 1 aliphatic heterocycles. The number of nitrogens with zero attached hydrogens (tertiary/aromatic N) is 5. The highest BCUT2D eigenvalue weighted by atomic mass is 16.5. The fraction of sp³-hybridized carbons (Fsp3) is 0.250. The van der Waals surface area contributed by atoms with E-state index in [0.29, 0.717) is 44.2 Å². The molecule has 1 aliphatic rings. The molecular weight excluding hydrogens is 500 g/mol. The Morgan fingerprint density at radius 3 is 2.31 bits per heavy atom. The predicted molar refractivity (Wildman–Crippen MR) is 146 cm³/mol. The van der Waals surface area contributed by atoms with Crippen molar-refractivity contribution in [2.45, 2.75) is 6.92 Å². The Hall–Kier alpha value is -4.93. The van der Waals surface area contributed by atoms with Gasteiger partial charge in [-0.2, -0.15) is 0 Å². The average molecular weight is 529 g/mol. The number of piperazine rings is 1. The lowest BCUT2D eigenvalue weighted by molar-refractivity contribution is 0.0743. The first kappa shape index (κ1) is 25.7. The zero-order valence-corrected chi connectivity index (χ0v) is 21.7. The molecule has 0 unspecified atom stereocenters. The zero-order valence-electron chi connectivity index (χ0n) is 21.7. The molecule has 0 bridgehead atoms. The van der Waals surface area contributed by atoms with Gasteiger partial charge in [0.15, 0.2) is 0 Å². The summed E-state index contributed by atoms with van der Waals surface area (Å²) in [5.74, 6) is 1.71. The fourth-order valence-electron chi connectivity index (χ4n) is 4.47. The minimum Gasteiger partial charge on any atom is -0.497 e. The average Bonchev–Trinajstić information content (AvgIpc) is 2.98. The number of carbonyl (C=O) groups is 1. The van der Waals surface area contributed by atoms with Gasteiger partial charge in [-0.15, -0.1) is 0 Å². The highest BCUT2D eigenvalue weighted by Gasteiger charge is 2.26. The smallest absolute Gasteiger partial charge is 0.333 e. The fourth-order valence-corrected chi connectivity index (χ4v) is 4.47. The molecule has 1 saturated heterocycles. The van der Waals surface area contributed by atoms with Crippen molar-refractivity contribution >= 4 is 11.7 Å². The van der Waals surface area contributed by atoms with Crippen LogP contribution in [0.4, 0.5) is 5.82 Å². The minimum atomic E-state index is -0.674. The lowest BCUT2D eigenvalue weighted by atomic mass is 10.1. The van der Waals surface area contributed by atoms with Gasteiger partial charge in [-0.25, -0.2) is 19.3 Å². The molecular formula is C28H28N6O5. The summed E-state index contributed by atoms with van der Waals surface area (Å²) in [5.41, 5.74) is 0.675. The van der Waals surface area contributed by atoms with E-state index in [2.05, 4.69) is 19.9 Å². The quantitative estimate of drug-likeness (QED) is 0.388. The van der Waals surface area contributed by atoms with Gasteiger partial charge < -0.3 is 24.3 Å². The number of carbonyl (C=O) groups excluding carboxylic acids is 1. The Labute approximate surface area is 224 Å². The van der Waals surface area contributed by atoms with Crippen molar-refractivity contribution < 1.29 is 14.3 Å². The van der Waals surface area contributed by atoms with E-state index in [-0.39, 0.29) is 5.56 Å². The Kier molecular flexibility index (Phi) is 7.39. The summed E-state index contributed by atoms with van der Waals surface area (Å²) in [5, 5.41) is 0. The number of benzene rings is 2. The Morgan fingerprint density at radius 2 is 1.64 bits per heavy atom. The van der Waals surface area contributed by atoms with Gasteiger partial charge in [-0.05, 0) is 55.5 Å². The van der Waals surface area contributed by atoms with Crippen molar-refractivity contribution in [2.24, 2.45) is 0 Å². The molecule has 200 valence electrons. The van der Waals surface area contributed by atoms with E-state index in [9.17, 15) is 14.4 Å². The molecule has 0 radical (unpaired) electrons. The molecule has 5 rings (SSSR count). The summed E-state index contributed by atoms with van der Waals surface area (Å²) >= 11 is 0. The number of hydrogen-bond acceptors (Lipinski definition) is 8. The summed E-state index contributed by atoms with van der Waals surface area (Å²) in [7, 11) is 1.53. The van der Waals surface area contributed by atoms with Crippen LogP contribution in [0, 0.1) is 0 Å². The number of methoxy groups -OCH3 is 1. The molecule has 2 aromatic carbocycles. The SMILES string of the molecule is CCOc1ccc(-c2cc(N3CCN(C(=O)c4c[nH]c(=O)n(-c5ccc(OC)cc5)c4=O)CC3)ncn2)cc1. The van der Waals surface area contributed by atoms with Crippen molar-refractivity contribution in [2.75, 3.05) is 44.8 Å². The van der Waals surface area contributed by atoms with E-state index >= 15 is 0 Å². The Balaban J connectivity index is 1.29. The predicted octanol–water partition coefficient (Wildman–Crippen LogP) is 2.35. The highest BCUT2D eigenvalue weighted by Crippen LogP contribution is 2.24. The van der Waals surface area contributed by atoms with Crippen molar-refractivity contribution in [1.29, 1.82) is 0 Å². The van der Waals surface area contributed by atoms with Crippen LogP contribution in [0.5, 0.6) is 11.5 Å². The van der Waals surface area contributed by atoms with Crippen LogP contribution in [-0.4, -0.2) is 70.2 Å². The zero-order chi connectivity index (χ0) is 27.4. The summed E-state index contributed by atoms with van der Waals surface area (Å²) in [6.45, 7) is 4.39. The first-order chi connectivity index (χ1) is 19.0. The molecule has 39 heavy (non-hydrogen) atoms. The number of aromatic amines is 1. The lowest BCUT2D eigenvalue weighted by Gasteiger charge is -2.35. The Bertz CT molecular complexity index is 1570. The lowest BCUT2D eigenvalue weighted by Crippen LogP contribution is -2.50. The molecule has 11 heteroatoms. The van der Waals surface area contributed by atoms with Gasteiger partial charge in [0.2, 0.25) is 0 Å². The molecule has 0 atom stereocenters. The number of H-pyrrole nitrogens is 1. The van der Waals surface area contributed by atoms with Gasteiger partial charge in [0, 0.05) is 44.0 Å². The van der Waals surface area contributed by atoms with Gasteiger partial charge in [-0.3, -0.25) is 9.59 Å². The van der Waals surface area contributed by atoms with E-state index in [1.165, 1.54) is 19.6 Å². The third-order valence-corrected chi connectivity index (χ3v) is 6.54. The van der Waals surface area contributed by atoms with Crippen molar-refractivity contribution in [3.63, 3.8) is 0 Å². The summed E-state index contributed by atoms with van der Waals surface area (Å²) < 4.78 is 11.6. The molecule has 4 aromatic rings. The van der Waals surface area contributed by atoms with E-state index in [0.717, 1.165) is 27.4 Å². The largest absolute Gasteiger partial charge is 0.497 e. The van der Waals surface area contributed by atoms with E-state index in [1.54, 1.807) is 29.2 Å². The number of amides is 1. The van der Waals surface area contributed by atoms with Crippen LogP contribution in [0.1, 0.15) is 17.3 Å². The maximum atomic E-state index is 13.3. The second kappa shape index (κ2) is 11.2. The van der Waals surface area contributed by atoms with Crippen LogP contribution < -0.4 is 25.6 Å². The highest BCUT2D eigenvalue weighted by molar-refractivity contribution is 5.93. The number of nitrogens with one attached hydrogen (secondary N) is 1.